The predicted octanol–water partition coefficient (Wildman–Crippen LogP) is 2.70. The molecule has 1 aromatic carbocycles. The number of halogens is 2. The van der Waals surface area contributed by atoms with Gasteiger partial charge in [-0.25, -0.2) is 9.36 Å². The van der Waals surface area contributed by atoms with Crippen molar-refractivity contribution < 1.29 is 0 Å². The minimum Gasteiger partial charge on any atom is -0.297 e. The molecule has 100 valence electrons. The third kappa shape index (κ3) is 2.46. The van der Waals surface area contributed by atoms with Gasteiger partial charge in [0.15, 0.2) is 0 Å². The Labute approximate surface area is 119 Å². The fraction of sp³-hybridized carbons (Fsp3) is 0.231. The molecule has 1 heterocycles. The summed E-state index contributed by atoms with van der Waals surface area (Å²) in [5.74, 6) is 0. The molecule has 0 bridgehead atoms. The molecule has 0 radical (unpaired) electrons. The number of nitrogens with zero attached hydrogens (tertiary/aromatic N) is 1. The summed E-state index contributed by atoms with van der Waals surface area (Å²) in [6.45, 7) is 3.67. The largest absolute Gasteiger partial charge is 0.334 e. The maximum absolute atomic E-state index is 12.3. The van der Waals surface area contributed by atoms with Crippen molar-refractivity contribution in [2.45, 2.75) is 20.3 Å². The number of aromatic amines is 1. The van der Waals surface area contributed by atoms with Gasteiger partial charge in [-0.05, 0) is 31.0 Å². The van der Waals surface area contributed by atoms with Crippen LogP contribution >= 0.6 is 23.2 Å². The molecule has 0 aliphatic rings. The minimum atomic E-state index is -0.599. The Morgan fingerprint density at radius 1 is 1.26 bits per heavy atom. The second-order valence-corrected chi connectivity index (χ2v) is 4.96. The van der Waals surface area contributed by atoms with Crippen LogP contribution in [0, 0.1) is 6.92 Å². The van der Waals surface area contributed by atoms with Crippen molar-refractivity contribution in [1.82, 2.24) is 9.55 Å². The van der Waals surface area contributed by atoms with Crippen LogP contribution in [0.2, 0.25) is 10.2 Å². The van der Waals surface area contributed by atoms with Crippen LogP contribution in [0.15, 0.2) is 27.8 Å². The van der Waals surface area contributed by atoms with Crippen molar-refractivity contribution >= 4 is 23.2 Å². The van der Waals surface area contributed by atoms with E-state index in [1.54, 1.807) is 25.1 Å². The Morgan fingerprint density at radius 2 is 1.95 bits per heavy atom. The van der Waals surface area contributed by atoms with Crippen LogP contribution in [0.25, 0.3) is 5.69 Å². The highest BCUT2D eigenvalue weighted by atomic mass is 35.5. The van der Waals surface area contributed by atoms with E-state index in [1.165, 1.54) is 0 Å². The standard InChI is InChI=1S/C13H12Cl2N2O2/c1-3-8-11(15)16-13(19)17(12(8)18)10-5-4-7(2)6-9(10)14/h4-6H,3H2,1-2H3,(H,16,19). The normalized spacial score (nSPS) is 10.7. The first-order chi connectivity index (χ1) is 8.95. The van der Waals surface area contributed by atoms with E-state index >= 15 is 0 Å². The van der Waals surface area contributed by atoms with Crippen LogP contribution in [0.1, 0.15) is 18.1 Å². The van der Waals surface area contributed by atoms with Crippen molar-refractivity contribution in [3.8, 4) is 5.69 Å². The summed E-state index contributed by atoms with van der Waals surface area (Å²) >= 11 is 12.0. The molecular formula is C13H12Cl2N2O2. The summed E-state index contributed by atoms with van der Waals surface area (Å²) < 4.78 is 1.01. The second-order valence-electron chi connectivity index (χ2n) is 4.17. The average Bonchev–Trinajstić information content (AvgIpc) is 2.31. The second kappa shape index (κ2) is 5.23. The number of benzene rings is 1. The van der Waals surface area contributed by atoms with Gasteiger partial charge in [-0.1, -0.05) is 36.2 Å². The molecular weight excluding hydrogens is 287 g/mol. The first-order valence-corrected chi connectivity index (χ1v) is 6.51. The maximum Gasteiger partial charge on any atom is 0.334 e. The van der Waals surface area contributed by atoms with Gasteiger partial charge in [0.1, 0.15) is 5.15 Å². The lowest BCUT2D eigenvalue weighted by molar-refractivity contribution is 0.842. The molecule has 19 heavy (non-hydrogen) atoms. The van der Waals surface area contributed by atoms with Crippen LogP contribution in [-0.2, 0) is 6.42 Å². The molecule has 4 nitrogen and oxygen atoms in total. The van der Waals surface area contributed by atoms with Gasteiger partial charge in [0.25, 0.3) is 5.56 Å². The summed E-state index contributed by atoms with van der Waals surface area (Å²) in [7, 11) is 0. The number of H-pyrrole nitrogens is 1. The van der Waals surface area contributed by atoms with E-state index < -0.39 is 11.2 Å². The number of aromatic nitrogens is 2. The van der Waals surface area contributed by atoms with Gasteiger partial charge in [0.05, 0.1) is 16.3 Å². The van der Waals surface area contributed by atoms with E-state index in [0.29, 0.717) is 22.7 Å². The Hall–Kier alpha value is -1.52. The van der Waals surface area contributed by atoms with E-state index in [-0.39, 0.29) is 5.15 Å². The quantitative estimate of drug-likeness (QED) is 0.867. The van der Waals surface area contributed by atoms with Crippen LogP contribution in [0.4, 0.5) is 0 Å². The number of rotatable bonds is 2. The summed E-state index contributed by atoms with van der Waals surface area (Å²) in [4.78, 5) is 26.7. The van der Waals surface area contributed by atoms with Gasteiger partial charge in [0, 0.05) is 0 Å². The van der Waals surface area contributed by atoms with E-state index in [0.717, 1.165) is 10.1 Å². The molecule has 0 unspecified atom stereocenters. The van der Waals surface area contributed by atoms with Crippen molar-refractivity contribution in [3.05, 3.63) is 60.3 Å². The van der Waals surface area contributed by atoms with Gasteiger partial charge >= 0.3 is 5.69 Å². The molecule has 0 amide bonds. The smallest absolute Gasteiger partial charge is 0.297 e. The highest BCUT2D eigenvalue weighted by Crippen LogP contribution is 2.20. The lowest BCUT2D eigenvalue weighted by Gasteiger charge is -2.10. The van der Waals surface area contributed by atoms with Gasteiger partial charge in [-0.15, -0.1) is 0 Å². The first-order valence-electron chi connectivity index (χ1n) is 5.76. The molecule has 0 atom stereocenters. The topological polar surface area (TPSA) is 54.9 Å². The van der Waals surface area contributed by atoms with Crippen LogP contribution < -0.4 is 11.2 Å². The molecule has 1 N–H and O–H groups in total. The summed E-state index contributed by atoms with van der Waals surface area (Å²) in [6.07, 6.45) is 0.428. The predicted molar refractivity (Wildman–Crippen MR) is 76.8 cm³/mol. The van der Waals surface area contributed by atoms with Crippen LogP contribution in [0.3, 0.4) is 0 Å². The maximum atomic E-state index is 12.3. The molecule has 6 heteroatoms. The van der Waals surface area contributed by atoms with Gasteiger partial charge < -0.3 is 0 Å². The monoisotopic (exact) mass is 298 g/mol. The fourth-order valence-corrected chi connectivity index (χ4v) is 2.48. The lowest BCUT2D eigenvalue weighted by atomic mass is 10.2. The summed E-state index contributed by atoms with van der Waals surface area (Å²) in [6, 6.07) is 5.12. The Bertz CT molecular complexity index is 747. The van der Waals surface area contributed by atoms with E-state index in [2.05, 4.69) is 4.98 Å². The van der Waals surface area contributed by atoms with E-state index in [4.69, 9.17) is 23.2 Å². The fourth-order valence-electron chi connectivity index (χ4n) is 1.86. The molecule has 1 aromatic heterocycles. The van der Waals surface area contributed by atoms with Gasteiger partial charge in [-0.2, -0.15) is 0 Å². The highest BCUT2D eigenvalue weighted by Gasteiger charge is 2.14. The lowest BCUT2D eigenvalue weighted by Crippen LogP contribution is -2.36. The molecule has 0 fully saturated rings. The van der Waals surface area contributed by atoms with Gasteiger partial charge in [-0.3, -0.25) is 9.78 Å². The van der Waals surface area contributed by atoms with Crippen LogP contribution in [0.5, 0.6) is 0 Å². The molecule has 2 aromatic rings. The third-order valence-corrected chi connectivity index (χ3v) is 3.47. The molecule has 0 spiro atoms. The molecule has 2 rings (SSSR count). The summed E-state index contributed by atoms with van der Waals surface area (Å²) in [5, 5.41) is 0.425. The van der Waals surface area contributed by atoms with Crippen molar-refractivity contribution in [2.24, 2.45) is 0 Å². The number of nitrogens with one attached hydrogen (secondary N) is 1. The minimum absolute atomic E-state index is 0.0805. The SMILES string of the molecule is CCc1c(Cl)[nH]c(=O)n(-c2ccc(C)cc2Cl)c1=O. The molecule has 0 aliphatic heterocycles. The number of hydrogen-bond donors (Lipinski definition) is 1. The third-order valence-electron chi connectivity index (χ3n) is 2.84. The number of aryl methyl sites for hydroxylation is 1. The van der Waals surface area contributed by atoms with Gasteiger partial charge in [0.2, 0.25) is 0 Å². The Kier molecular flexibility index (Phi) is 3.83. The number of hydrogen-bond acceptors (Lipinski definition) is 2. The summed E-state index contributed by atoms with van der Waals surface area (Å²) in [5.41, 5.74) is 0.616. The van der Waals surface area contributed by atoms with E-state index in [1.807, 2.05) is 6.92 Å². The molecule has 0 saturated heterocycles. The van der Waals surface area contributed by atoms with Crippen molar-refractivity contribution in [2.75, 3.05) is 0 Å². The zero-order valence-electron chi connectivity index (χ0n) is 10.5. The molecule has 0 saturated carbocycles. The van der Waals surface area contributed by atoms with Crippen LogP contribution in [-0.4, -0.2) is 9.55 Å². The average molecular weight is 299 g/mol. The first kappa shape index (κ1) is 13.9. The van der Waals surface area contributed by atoms with E-state index in [9.17, 15) is 9.59 Å². The molecule has 0 aliphatic carbocycles. The van der Waals surface area contributed by atoms with Crippen molar-refractivity contribution in [3.63, 3.8) is 0 Å². The van der Waals surface area contributed by atoms with Crippen molar-refractivity contribution in [1.29, 1.82) is 0 Å². The zero-order valence-corrected chi connectivity index (χ0v) is 12.0. The Balaban J connectivity index is 2.83. The zero-order chi connectivity index (χ0) is 14.2. The highest BCUT2D eigenvalue weighted by molar-refractivity contribution is 6.32. The Morgan fingerprint density at radius 3 is 2.53 bits per heavy atom.